The number of fused-ring (bicyclic) bond motifs is 1. The van der Waals surface area contributed by atoms with Crippen molar-refractivity contribution >= 4 is 0 Å². The lowest BCUT2D eigenvalue weighted by Gasteiger charge is -2.07. The highest BCUT2D eigenvalue weighted by Gasteiger charge is 2.18. The molecule has 1 atom stereocenters. The van der Waals surface area contributed by atoms with Gasteiger partial charge in [-0.3, -0.25) is 0 Å². The van der Waals surface area contributed by atoms with Crippen LogP contribution in [-0.2, 0) is 22.4 Å². The molecule has 0 amide bonds. The van der Waals surface area contributed by atoms with Crippen molar-refractivity contribution in [1.82, 2.24) is 4.57 Å². The van der Waals surface area contributed by atoms with Crippen LogP contribution < -0.4 is 0 Å². The van der Waals surface area contributed by atoms with Gasteiger partial charge in [0, 0.05) is 44.8 Å². The third-order valence-corrected chi connectivity index (χ3v) is 3.66. The molecule has 108 valence electrons. The molecule has 0 fully saturated rings. The first-order valence-electron chi connectivity index (χ1n) is 7.24. The van der Waals surface area contributed by atoms with E-state index in [1.807, 2.05) is 0 Å². The van der Waals surface area contributed by atoms with Crippen LogP contribution in [0.1, 0.15) is 42.9 Å². The van der Waals surface area contributed by atoms with Crippen molar-refractivity contribution in [3.63, 3.8) is 0 Å². The molecule has 1 unspecified atom stereocenters. The highest BCUT2D eigenvalue weighted by molar-refractivity contribution is 5.27. The Bertz CT molecular complexity index is 375. The van der Waals surface area contributed by atoms with Gasteiger partial charge in [-0.15, -0.1) is 0 Å². The van der Waals surface area contributed by atoms with Gasteiger partial charge in [0.05, 0.1) is 12.7 Å². The van der Waals surface area contributed by atoms with Gasteiger partial charge in [0.1, 0.15) is 0 Å². The highest BCUT2D eigenvalue weighted by atomic mass is 16.5. The average Bonchev–Trinajstić information content (AvgIpc) is 2.74. The van der Waals surface area contributed by atoms with E-state index >= 15 is 0 Å². The lowest BCUT2D eigenvalue weighted by atomic mass is 10.1. The number of aromatic nitrogens is 1. The molecule has 4 nitrogen and oxygen atoms in total. The molecule has 2 rings (SSSR count). The van der Waals surface area contributed by atoms with Crippen LogP contribution in [0.15, 0.2) is 12.4 Å². The van der Waals surface area contributed by atoms with Crippen LogP contribution in [0, 0.1) is 0 Å². The summed E-state index contributed by atoms with van der Waals surface area (Å²) in [6.07, 6.45) is 9.21. The standard InChI is InChI=1S/C15H25NO3/c1-18-8-4-9-19-10-7-16-11-13-5-2-3-6-15(17)14(13)12-16/h11-12,15,17H,2-10H2,1H3. The number of ether oxygens (including phenoxy) is 2. The molecule has 0 spiro atoms. The summed E-state index contributed by atoms with van der Waals surface area (Å²) in [5.41, 5.74) is 2.43. The van der Waals surface area contributed by atoms with Crippen LogP contribution in [0.3, 0.4) is 0 Å². The topological polar surface area (TPSA) is 43.6 Å². The molecule has 0 radical (unpaired) electrons. The number of aryl methyl sites for hydroxylation is 1. The van der Waals surface area contributed by atoms with Crippen LogP contribution in [0.2, 0.25) is 0 Å². The number of hydrogen-bond donors (Lipinski definition) is 1. The van der Waals surface area contributed by atoms with E-state index in [0.29, 0.717) is 6.61 Å². The minimum atomic E-state index is -0.277. The fourth-order valence-electron chi connectivity index (χ4n) is 2.60. The van der Waals surface area contributed by atoms with Crippen LogP contribution in [-0.4, -0.2) is 36.6 Å². The maximum absolute atomic E-state index is 10.1. The molecule has 0 saturated carbocycles. The molecule has 1 aliphatic carbocycles. The van der Waals surface area contributed by atoms with E-state index in [4.69, 9.17) is 9.47 Å². The summed E-state index contributed by atoms with van der Waals surface area (Å²) in [5.74, 6) is 0. The van der Waals surface area contributed by atoms with Crippen LogP contribution in [0.25, 0.3) is 0 Å². The van der Waals surface area contributed by atoms with Crippen molar-refractivity contribution in [2.75, 3.05) is 26.9 Å². The first kappa shape index (κ1) is 14.6. The summed E-state index contributed by atoms with van der Waals surface area (Å²) in [6.45, 7) is 3.07. The Morgan fingerprint density at radius 3 is 3.00 bits per heavy atom. The predicted octanol–water partition coefficient (Wildman–Crippen LogP) is 2.30. The van der Waals surface area contributed by atoms with E-state index < -0.39 is 0 Å². The number of aliphatic hydroxyl groups excluding tert-OH is 1. The number of nitrogens with zero attached hydrogens (tertiary/aromatic N) is 1. The summed E-state index contributed by atoms with van der Waals surface area (Å²) in [7, 11) is 1.71. The molecule has 4 heteroatoms. The minimum Gasteiger partial charge on any atom is -0.388 e. The summed E-state index contributed by atoms with van der Waals surface area (Å²) >= 11 is 0. The highest BCUT2D eigenvalue weighted by Crippen LogP contribution is 2.29. The lowest BCUT2D eigenvalue weighted by Crippen LogP contribution is -2.06. The van der Waals surface area contributed by atoms with Gasteiger partial charge in [-0.1, -0.05) is 6.42 Å². The Morgan fingerprint density at radius 2 is 2.16 bits per heavy atom. The zero-order chi connectivity index (χ0) is 13.5. The third kappa shape index (κ3) is 4.34. The molecular weight excluding hydrogens is 242 g/mol. The van der Waals surface area contributed by atoms with E-state index in [-0.39, 0.29) is 6.10 Å². The molecule has 19 heavy (non-hydrogen) atoms. The lowest BCUT2D eigenvalue weighted by molar-refractivity contribution is 0.0976. The van der Waals surface area contributed by atoms with Crippen LogP contribution in [0.4, 0.5) is 0 Å². The number of aliphatic hydroxyl groups is 1. The maximum Gasteiger partial charge on any atom is 0.0807 e. The molecule has 0 aliphatic heterocycles. The summed E-state index contributed by atoms with van der Waals surface area (Å²) in [5, 5.41) is 10.1. The van der Waals surface area contributed by atoms with Crippen LogP contribution >= 0.6 is 0 Å². The minimum absolute atomic E-state index is 0.277. The van der Waals surface area contributed by atoms with Gasteiger partial charge >= 0.3 is 0 Å². The van der Waals surface area contributed by atoms with E-state index in [1.165, 1.54) is 12.0 Å². The molecule has 0 bridgehead atoms. The molecule has 1 N–H and O–H groups in total. The van der Waals surface area contributed by atoms with Gasteiger partial charge in [0.15, 0.2) is 0 Å². The number of rotatable bonds is 7. The first-order valence-corrected chi connectivity index (χ1v) is 7.24. The largest absolute Gasteiger partial charge is 0.388 e. The van der Waals surface area contributed by atoms with Gasteiger partial charge in [-0.05, 0) is 31.2 Å². The van der Waals surface area contributed by atoms with Crippen molar-refractivity contribution in [3.8, 4) is 0 Å². The molecule has 0 aromatic carbocycles. The quantitative estimate of drug-likeness (QED) is 0.609. The molecule has 1 aromatic heterocycles. The fraction of sp³-hybridized carbons (Fsp3) is 0.733. The normalized spacial score (nSPS) is 19.2. The fourth-order valence-corrected chi connectivity index (χ4v) is 2.60. The molecular formula is C15H25NO3. The zero-order valence-corrected chi connectivity index (χ0v) is 11.8. The predicted molar refractivity (Wildman–Crippen MR) is 74.3 cm³/mol. The van der Waals surface area contributed by atoms with Gasteiger partial charge in [0.2, 0.25) is 0 Å². The molecule has 1 aliphatic rings. The summed E-state index contributed by atoms with van der Waals surface area (Å²) < 4.78 is 12.7. The van der Waals surface area contributed by atoms with E-state index in [0.717, 1.165) is 51.0 Å². The Kier molecular flexibility index (Phi) is 5.89. The SMILES string of the molecule is COCCCOCCn1cc2c(c1)C(O)CCCC2. The number of hydrogen-bond acceptors (Lipinski definition) is 3. The van der Waals surface area contributed by atoms with Crippen molar-refractivity contribution in [1.29, 1.82) is 0 Å². The number of methoxy groups -OCH3 is 1. The average molecular weight is 267 g/mol. The maximum atomic E-state index is 10.1. The molecule has 0 saturated heterocycles. The van der Waals surface area contributed by atoms with Crippen molar-refractivity contribution in [2.24, 2.45) is 0 Å². The van der Waals surface area contributed by atoms with Crippen molar-refractivity contribution < 1.29 is 14.6 Å². The zero-order valence-electron chi connectivity index (χ0n) is 11.8. The Hall–Kier alpha value is -0.840. The monoisotopic (exact) mass is 267 g/mol. The van der Waals surface area contributed by atoms with Gasteiger partial charge in [0.25, 0.3) is 0 Å². The van der Waals surface area contributed by atoms with E-state index in [9.17, 15) is 5.11 Å². The second-order valence-corrected chi connectivity index (χ2v) is 5.20. The van der Waals surface area contributed by atoms with Crippen molar-refractivity contribution in [2.45, 2.75) is 44.8 Å². The second-order valence-electron chi connectivity index (χ2n) is 5.20. The smallest absolute Gasteiger partial charge is 0.0807 e. The molecule has 1 heterocycles. The summed E-state index contributed by atoms with van der Waals surface area (Å²) in [4.78, 5) is 0. The Morgan fingerprint density at radius 1 is 1.26 bits per heavy atom. The van der Waals surface area contributed by atoms with Crippen LogP contribution in [0.5, 0.6) is 0 Å². The van der Waals surface area contributed by atoms with Gasteiger partial charge < -0.3 is 19.1 Å². The second kappa shape index (κ2) is 7.68. The van der Waals surface area contributed by atoms with Gasteiger partial charge in [-0.25, -0.2) is 0 Å². The van der Waals surface area contributed by atoms with E-state index in [1.54, 1.807) is 7.11 Å². The third-order valence-electron chi connectivity index (χ3n) is 3.66. The van der Waals surface area contributed by atoms with Gasteiger partial charge in [-0.2, -0.15) is 0 Å². The van der Waals surface area contributed by atoms with Crippen molar-refractivity contribution in [3.05, 3.63) is 23.5 Å². The Labute approximate surface area is 115 Å². The van der Waals surface area contributed by atoms with E-state index in [2.05, 4.69) is 17.0 Å². The Balaban J connectivity index is 1.77. The summed E-state index contributed by atoms with van der Waals surface area (Å²) in [6, 6.07) is 0. The molecule has 1 aromatic rings. The first-order chi connectivity index (χ1) is 9.31.